The highest BCUT2D eigenvalue weighted by atomic mass is 32.2. The maximum Gasteiger partial charge on any atom is 0.250 e. The van der Waals surface area contributed by atoms with E-state index in [1.807, 2.05) is 30.3 Å². The van der Waals surface area contributed by atoms with Crippen LogP contribution in [0.5, 0.6) is 5.75 Å². The van der Waals surface area contributed by atoms with Crippen LogP contribution in [0.4, 0.5) is 0 Å². The van der Waals surface area contributed by atoms with Gasteiger partial charge in [0.05, 0.1) is 12.0 Å². The Morgan fingerprint density at radius 3 is 2.57 bits per heavy atom. The second-order valence-electron chi connectivity index (χ2n) is 4.36. The third kappa shape index (κ3) is 5.71. The molecule has 21 heavy (non-hydrogen) atoms. The number of amides is 1. The van der Waals surface area contributed by atoms with Gasteiger partial charge in [0.25, 0.3) is 0 Å². The summed E-state index contributed by atoms with van der Waals surface area (Å²) >= 11 is 1.54. The fourth-order valence-electron chi connectivity index (χ4n) is 1.61. The molecule has 0 bridgehead atoms. The van der Waals surface area contributed by atoms with Crippen molar-refractivity contribution < 1.29 is 9.90 Å². The van der Waals surface area contributed by atoms with E-state index in [2.05, 4.69) is 10.5 Å². The number of thioether (sulfide) groups is 1. The number of nitrogens with zero attached hydrogens (tertiary/aromatic N) is 1. The van der Waals surface area contributed by atoms with Gasteiger partial charge in [-0.2, -0.15) is 5.10 Å². The fraction of sp³-hybridized carbons (Fsp3) is 0.125. The molecule has 0 saturated heterocycles. The molecule has 0 aliphatic heterocycles. The molecule has 0 spiro atoms. The highest BCUT2D eigenvalue weighted by Crippen LogP contribution is 2.11. The summed E-state index contributed by atoms with van der Waals surface area (Å²) in [5.74, 6) is 1.23. The lowest BCUT2D eigenvalue weighted by Gasteiger charge is -2.01. The first-order chi connectivity index (χ1) is 10.2. The van der Waals surface area contributed by atoms with Crippen molar-refractivity contribution in [3.8, 4) is 5.75 Å². The van der Waals surface area contributed by atoms with Gasteiger partial charge in [-0.05, 0) is 35.4 Å². The minimum atomic E-state index is -0.133. The molecular formula is C16H16N2O2S. The highest BCUT2D eigenvalue weighted by molar-refractivity contribution is 7.99. The largest absolute Gasteiger partial charge is 0.508 e. The number of aromatic hydroxyl groups is 1. The van der Waals surface area contributed by atoms with Crippen LogP contribution in [0.1, 0.15) is 11.1 Å². The van der Waals surface area contributed by atoms with Crippen LogP contribution in [0.3, 0.4) is 0 Å². The molecule has 108 valence electrons. The summed E-state index contributed by atoms with van der Waals surface area (Å²) in [6.45, 7) is 0. The van der Waals surface area contributed by atoms with E-state index in [0.29, 0.717) is 5.75 Å². The van der Waals surface area contributed by atoms with Gasteiger partial charge in [-0.1, -0.05) is 30.3 Å². The van der Waals surface area contributed by atoms with Crippen LogP contribution < -0.4 is 5.43 Å². The number of benzene rings is 2. The van der Waals surface area contributed by atoms with Crippen LogP contribution >= 0.6 is 11.8 Å². The van der Waals surface area contributed by atoms with Gasteiger partial charge < -0.3 is 5.11 Å². The van der Waals surface area contributed by atoms with E-state index in [4.69, 9.17) is 5.11 Å². The van der Waals surface area contributed by atoms with E-state index in [0.717, 1.165) is 11.3 Å². The summed E-state index contributed by atoms with van der Waals surface area (Å²) in [7, 11) is 0. The summed E-state index contributed by atoms with van der Waals surface area (Å²) in [6, 6.07) is 16.6. The summed E-state index contributed by atoms with van der Waals surface area (Å²) in [4.78, 5) is 11.6. The van der Waals surface area contributed by atoms with Crippen molar-refractivity contribution in [3.63, 3.8) is 0 Å². The van der Waals surface area contributed by atoms with Crippen molar-refractivity contribution in [2.24, 2.45) is 5.10 Å². The van der Waals surface area contributed by atoms with Gasteiger partial charge in [0.1, 0.15) is 5.75 Å². The summed E-state index contributed by atoms with van der Waals surface area (Å²) in [5.41, 5.74) is 4.49. The Morgan fingerprint density at radius 1 is 1.14 bits per heavy atom. The minimum absolute atomic E-state index is 0.133. The number of nitrogens with one attached hydrogen (secondary N) is 1. The van der Waals surface area contributed by atoms with Gasteiger partial charge in [-0.15, -0.1) is 11.8 Å². The third-order valence-electron chi connectivity index (χ3n) is 2.64. The smallest absolute Gasteiger partial charge is 0.250 e. The minimum Gasteiger partial charge on any atom is -0.508 e. The molecule has 0 fully saturated rings. The predicted octanol–water partition coefficient (Wildman–Crippen LogP) is 2.78. The number of phenols is 1. The molecule has 0 radical (unpaired) electrons. The Kier molecular flexibility index (Phi) is 5.84. The normalized spacial score (nSPS) is 10.7. The van der Waals surface area contributed by atoms with Gasteiger partial charge in [0.2, 0.25) is 5.91 Å². The standard InChI is InChI=1S/C16H16N2O2S/c19-15-8-6-13(7-9-15)10-17-18-16(20)12-21-11-14-4-2-1-3-5-14/h1-10,19H,11-12H2,(H,18,20)/b17-10-. The Morgan fingerprint density at radius 2 is 1.86 bits per heavy atom. The monoisotopic (exact) mass is 300 g/mol. The molecule has 0 saturated carbocycles. The van der Waals surface area contributed by atoms with Crippen LogP contribution in [0, 0.1) is 0 Å². The maximum atomic E-state index is 11.6. The molecule has 0 atom stereocenters. The van der Waals surface area contributed by atoms with Crippen molar-refractivity contribution in [2.45, 2.75) is 5.75 Å². The van der Waals surface area contributed by atoms with Gasteiger partial charge in [-0.3, -0.25) is 4.79 Å². The molecule has 5 heteroatoms. The van der Waals surface area contributed by atoms with Crippen molar-refractivity contribution in [3.05, 3.63) is 65.7 Å². The van der Waals surface area contributed by atoms with Crippen LogP contribution in [0.25, 0.3) is 0 Å². The van der Waals surface area contributed by atoms with E-state index < -0.39 is 0 Å². The Balaban J connectivity index is 1.69. The molecule has 2 rings (SSSR count). The number of hydrazone groups is 1. The van der Waals surface area contributed by atoms with Gasteiger partial charge in [0.15, 0.2) is 0 Å². The zero-order valence-electron chi connectivity index (χ0n) is 11.4. The number of hydrogen-bond acceptors (Lipinski definition) is 4. The van der Waals surface area contributed by atoms with E-state index in [-0.39, 0.29) is 11.7 Å². The number of carbonyl (C=O) groups excluding carboxylic acids is 1. The topological polar surface area (TPSA) is 61.7 Å². The lowest BCUT2D eigenvalue weighted by molar-refractivity contribution is -0.118. The third-order valence-corrected chi connectivity index (χ3v) is 3.64. The van der Waals surface area contributed by atoms with Crippen LogP contribution in [0.15, 0.2) is 59.7 Å². The fourth-order valence-corrected chi connectivity index (χ4v) is 2.39. The predicted molar refractivity (Wildman–Crippen MR) is 86.4 cm³/mol. The van der Waals surface area contributed by atoms with Gasteiger partial charge in [0, 0.05) is 5.75 Å². The number of hydrogen-bond donors (Lipinski definition) is 2. The molecule has 2 N–H and O–H groups in total. The SMILES string of the molecule is O=C(CSCc1ccccc1)N/N=C\c1ccc(O)cc1. The molecular weight excluding hydrogens is 284 g/mol. The average Bonchev–Trinajstić information content (AvgIpc) is 2.50. The van der Waals surface area contributed by atoms with E-state index in [9.17, 15) is 4.79 Å². The number of carbonyl (C=O) groups is 1. The average molecular weight is 300 g/mol. The quantitative estimate of drug-likeness (QED) is 0.637. The van der Waals surface area contributed by atoms with Crippen molar-refractivity contribution in [1.82, 2.24) is 5.43 Å². The summed E-state index contributed by atoms with van der Waals surface area (Å²) in [6.07, 6.45) is 1.54. The Labute approximate surface area is 127 Å². The first kappa shape index (κ1) is 15.1. The van der Waals surface area contributed by atoms with Crippen molar-refractivity contribution >= 4 is 23.9 Å². The maximum absolute atomic E-state index is 11.6. The Bertz CT molecular complexity index is 597. The van der Waals surface area contributed by atoms with Crippen LogP contribution in [-0.2, 0) is 10.5 Å². The lowest BCUT2D eigenvalue weighted by atomic mass is 10.2. The zero-order valence-corrected chi connectivity index (χ0v) is 12.2. The molecule has 0 heterocycles. The van der Waals surface area contributed by atoms with Crippen molar-refractivity contribution in [1.29, 1.82) is 0 Å². The van der Waals surface area contributed by atoms with Crippen LogP contribution in [0.2, 0.25) is 0 Å². The molecule has 2 aromatic carbocycles. The van der Waals surface area contributed by atoms with E-state index >= 15 is 0 Å². The molecule has 0 aliphatic rings. The number of rotatable bonds is 6. The molecule has 1 amide bonds. The lowest BCUT2D eigenvalue weighted by Crippen LogP contribution is -2.19. The van der Waals surface area contributed by atoms with Crippen LogP contribution in [-0.4, -0.2) is 23.0 Å². The highest BCUT2D eigenvalue weighted by Gasteiger charge is 2.00. The molecule has 0 unspecified atom stereocenters. The second-order valence-corrected chi connectivity index (χ2v) is 5.35. The van der Waals surface area contributed by atoms with Gasteiger partial charge >= 0.3 is 0 Å². The molecule has 0 aliphatic carbocycles. The van der Waals surface area contributed by atoms with E-state index in [1.54, 1.807) is 42.2 Å². The molecule has 4 nitrogen and oxygen atoms in total. The van der Waals surface area contributed by atoms with Gasteiger partial charge in [-0.25, -0.2) is 5.43 Å². The first-order valence-electron chi connectivity index (χ1n) is 6.46. The van der Waals surface area contributed by atoms with E-state index in [1.165, 1.54) is 5.56 Å². The number of phenolic OH excluding ortho intramolecular Hbond substituents is 1. The Hall–Kier alpha value is -2.27. The zero-order chi connectivity index (χ0) is 14.9. The summed E-state index contributed by atoms with van der Waals surface area (Å²) < 4.78 is 0. The molecule has 2 aromatic rings. The summed E-state index contributed by atoms with van der Waals surface area (Å²) in [5, 5.41) is 13.0. The van der Waals surface area contributed by atoms with Crippen molar-refractivity contribution in [2.75, 3.05) is 5.75 Å². The second kappa shape index (κ2) is 8.11. The first-order valence-corrected chi connectivity index (χ1v) is 7.62. The molecule has 0 aromatic heterocycles.